The highest BCUT2D eigenvalue weighted by molar-refractivity contribution is 5.30. The molecule has 4 rings (SSSR count). The molecule has 12 nitrogen and oxygen atoms in total. The van der Waals surface area contributed by atoms with E-state index in [1.54, 1.807) is 14.1 Å². The second-order valence-corrected chi connectivity index (χ2v) is 8.66. The number of nitrogens with one attached hydrogen (secondary N) is 4. The third kappa shape index (κ3) is 3.00. The topological polar surface area (TPSA) is 197 Å². The second-order valence-electron chi connectivity index (χ2n) is 8.66. The molecule has 1 aliphatic carbocycles. The van der Waals surface area contributed by atoms with Crippen LogP contribution >= 0.6 is 0 Å². The fourth-order valence-corrected chi connectivity index (χ4v) is 5.91. The average Bonchev–Trinajstić information content (AvgIpc) is 2.83. The van der Waals surface area contributed by atoms with Crippen molar-refractivity contribution in [1.82, 2.24) is 31.1 Å². The first kappa shape index (κ1) is 21.9. The van der Waals surface area contributed by atoms with Crippen LogP contribution in [-0.4, -0.2) is 96.4 Å². The third-order valence-corrected chi connectivity index (χ3v) is 7.34. The zero-order chi connectivity index (χ0) is 23.2. The Balaban J connectivity index is 1.82. The Labute approximate surface area is 186 Å². The molecule has 0 radical (unpaired) electrons. The van der Waals surface area contributed by atoms with Crippen LogP contribution in [0.1, 0.15) is 0 Å². The van der Waals surface area contributed by atoms with E-state index < -0.39 is 36.3 Å². The van der Waals surface area contributed by atoms with Gasteiger partial charge in [0.05, 0.1) is 36.4 Å². The smallest absolute Gasteiger partial charge is 0.127 e. The van der Waals surface area contributed by atoms with Gasteiger partial charge in [-0.25, -0.2) is 0 Å². The van der Waals surface area contributed by atoms with Crippen LogP contribution in [0.5, 0.6) is 0 Å². The summed E-state index contributed by atoms with van der Waals surface area (Å²) in [4.78, 5) is 3.73. The first-order valence-electron chi connectivity index (χ1n) is 10.3. The van der Waals surface area contributed by atoms with E-state index in [-0.39, 0.29) is 36.3 Å². The van der Waals surface area contributed by atoms with E-state index in [2.05, 4.69) is 57.7 Å². The zero-order valence-corrected chi connectivity index (χ0v) is 17.5. The van der Waals surface area contributed by atoms with Crippen LogP contribution < -0.4 is 21.3 Å². The van der Waals surface area contributed by atoms with Gasteiger partial charge in [0.2, 0.25) is 0 Å². The molecule has 3 aliphatic heterocycles. The fourth-order valence-electron chi connectivity index (χ4n) is 5.91. The molecule has 12 heteroatoms. The van der Waals surface area contributed by atoms with Gasteiger partial charge in [0, 0.05) is 36.3 Å². The lowest BCUT2D eigenvalue weighted by molar-refractivity contribution is -0.0827. The molecular formula is C20H22N12. The van der Waals surface area contributed by atoms with Crippen molar-refractivity contribution in [3.8, 4) is 36.4 Å². The van der Waals surface area contributed by atoms with Crippen LogP contribution in [0, 0.1) is 68.0 Å². The SMILES string of the molecule is CN1C(C#N)C(C#N)N(C)C2C3NC(C#N)C(C#N)NC3C3NC(C#N)C(C#N)NC3C21. The zero-order valence-electron chi connectivity index (χ0n) is 17.5. The summed E-state index contributed by atoms with van der Waals surface area (Å²) in [7, 11) is 3.58. The van der Waals surface area contributed by atoms with Crippen molar-refractivity contribution in [2.45, 2.75) is 72.5 Å². The van der Waals surface area contributed by atoms with Gasteiger partial charge in [0.25, 0.3) is 0 Å². The van der Waals surface area contributed by atoms with Gasteiger partial charge in [-0.05, 0) is 14.1 Å². The van der Waals surface area contributed by atoms with Crippen molar-refractivity contribution in [2.75, 3.05) is 14.1 Å². The van der Waals surface area contributed by atoms with Crippen molar-refractivity contribution < 1.29 is 0 Å². The number of fused-ring (bicyclic) bond motifs is 6. The summed E-state index contributed by atoms with van der Waals surface area (Å²) in [6, 6.07) is 6.47. The monoisotopic (exact) mass is 430 g/mol. The van der Waals surface area contributed by atoms with E-state index in [4.69, 9.17) is 0 Å². The quantitative estimate of drug-likeness (QED) is 0.301. The molecule has 1 saturated carbocycles. The molecule has 0 spiro atoms. The van der Waals surface area contributed by atoms with E-state index in [9.17, 15) is 31.6 Å². The number of nitrogens with zero attached hydrogens (tertiary/aromatic N) is 8. The van der Waals surface area contributed by atoms with Gasteiger partial charge in [0.15, 0.2) is 0 Å². The van der Waals surface area contributed by atoms with E-state index in [1.807, 2.05) is 9.80 Å². The van der Waals surface area contributed by atoms with Gasteiger partial charge in [-0.3, -0.25) is 31.1 Å². The number of likely N-dealkylation sites (N-methyl/N-ethyl adjacent to an activating group) is 2. The van der Waals surface area contributed by atoms with Gasteiger partial charge in [-0.2, -0.15) is 31.6 Å². The van der Waals surface area contributed by atoms with Crippen LogP contribution in [-0.2, 0) is 0 Å². The molecule has 0 aromatic rings. The first-order valence-corrected chi connectivity index (χ1v) is 10.3. The van der Waals surface area contributed by atoms with Crippen LogP contribution in [0.2, 0.25) is 0 Å². The molecule has 162 valence electrons. The predicted octanol–water partition coefficient (Wildman–Crippen LogP) is -3.17. The lowest BCUT2D eigenvalue weighted by atomic mass is 9.68. The number of nitriles is 6. The average molecular weight is 430 g/mol. The summed E-state index contributed by atoms with van der Waals surface area (Å²) in [5.41, 5.74) is 0. The molecule has 12 unspecified atom stereocenters. The van der Waals surface area contributed by atoms with Crippen molar-refractivity contribution >= 4 is 0 Å². The predicted molar refractivity (Wildman–Crippen MR) is 107 cm³/mol. The third-order valence-electron chi connectivity index (χ3n) is 7.34. The van der Waals surface area contributed by atoms with Gasteiger partial charge in [-0.15, -0.1) is 0 Å². The maximum atomic E-state index is 9.82. The molecule has 0 amide bonds. The molecule has 4 N–H and O–H groups in total. The number of rotatable bonds is 0. The number of hydrogen-bond donors (Lipinski definition) is 4. The van der Waals surface area contributed by atoms with Crippen LogP contribution in [0.4, 0.5) is 0 Å². The van der Waals surface area contributed by atoms with Gasteiger partial charge in [0.1, 0.15) is 36.3 Å². The number of hydrogen-bond acceptors (Lipinski definition) is 12. The van der Waals surface area contributed by atoms with Gasteiger partial charge >= 0.3 is 0 Å². The maximum Gasteiger partial charge on any atom is 0.127 e. The summed E-state index contributed by atoms with van der Waals surface area (Å²) in [6.07, 6.45) is 0. The minimum absolute atomic E-state index is 0.309. The van der Waals surface area contributed by atoms with Crippen LogP contribution in [0.3, 0.4) is 0 Å². The van der Waals surface area contributed by atoms with Crippen molar-refractivity contribution in [3.63, 3.8) is 0 Å². The Kier molecular flexibility index (Phi) is 5.70. The molecule has 0 aromatic carbocycles. The lowest BCUT2D eigenvalue weighted by Gasteiger charge is -2.64. The molecule has 0 aromatic heterocycles. The highest BCUT2D eigenvalue weighted by Crippen LogP contribution is 2.37. The Morgan fingerprint density at radius 1 is 0.469 bits per heavy atom. The molecule has 4 fully saturated rings. The largest absolute Gasteiger partial charge is 0.294 e. The Bertz CT molecular complexity index is 934. The van der Waals surface area contributed by atoms with Crippen molar-refractivity contribution in [3.05, 3.63) is 0 Å². The molecule has 4 aliphatic rings. The Morgan fingerprint density at radius 2 is 0.750 bits per heavy atom. The van der Waals surface area contributed by atoms with E-state index in [1.165, 1.54) is 0 Å². The van der Waals surface area contributed by atoms with E-state index in [0.717, 1.165) is 0 Å². The Hall–Kier alpha value is -3.30. The van der Waals surface area contributed by atoms with E-state index >= 15 is 0 Å². The minimum atomic E-state index is -0.764. The van der Waals surface area contributed by atoms with Crippen molar-refractivity contribution in [2.24, 2.45) is 0 Å². The Morgan fingerprint density at radius 3 is 1.00 bits per heavy atom. The summed E-state index contributed by atoms with van der Waals surface area (Å²) in [6.45, 7) is 0. The summed E-state index contributed by atoms with van der Waals surface area (Å²) in [5, 5.41) is 71.2. The fraction of sp³-hybridized carbons (Fsp3) is 0.700. The van der Waals surface area contributed by atoms with Crippen LogP contribution in [0.25, 0.3) is 0 Å². The van der Waals surface area contributed by atoms with Gasteiger partial charge in [-0.1, -0.05) is 0 Å². The second kappa shape index (κ2) is 8.33. The molecule has 3 saturated heterocycles. The van der Waals surface area contributed by atoms with Gasteiger partial charge < -0.3 is 0 Å². The number of piperazine rings is 3. The standard InChI is InChI=1S/C20H22N12/c1-31-13(7-25)14(8-26)32(2)20-18-16(28-10(4-22)12(6-24)30-18)15-17(19(20)31)29-11(5-23)9(3-21)27-15/h9-20,27-30H,1-2H3. The normalized spacial score (nSPS) is 48.0. The summed E-state index contributed by atoms with van der Waals surface area (Å²) in [5.74, 6) is 0. The van der Waals surface area contributed by atoms with E-state index in [0.29, 0.717) is 0 Å². The molecule has 0 bridgehead atoms. The maximum absolute atomic E-state index is 9.82. The summed E-state index contributed by atoms with van der Waals surface area (Å²) < 4.78 is 0. The molecule has 12 atom stereocenters. The minimum Gasteiger partial charge on any atom is -0.294 e. The lowest BCUT2D eigenvalue weighted by Crippen LogP contribution is -2.90. The summed E-state index contributed by atoms with van der Waals surface area (Å²) >= 11 is 0. The van der Waals surface area contributed by atoms with Crippen LogP contribution in [0.15, 0.2) is 0 Å². The highest BCUT2D eigenvalue weighted by atomic mass is 15.4. The molecular weight excluding hydrogens is 408 g/mol. The molecule has 32 heavy (non-hydrogen) atoms. The first-order chi connectivity index (χ1) is 15.4. The highest BCUT2D eigenvalue weighted by Gasteiger charge is 2.62. The molecule has 3 heterocycles. The van der Waals surface area contributed by atoms with Crippen molar-refractivity contribution in [1.29, 1.82) is 31.6 Å².